The fraction of sp³-hybridized carbons (Fsp3) is 0.0667. The molecule has 0 amide bonds. The molecule has 0 aliphatic carbocycles. The van der Waals surface area contributed by atoms with Crippen LogP contribution in [0.4, 0.5) is 5.69 Å². The number of hydrogen-bond acceptors (Lipinski definition) is 3. The summed E-state index contributed by atoms with van der Waals surface area (Å²) in [5.74, 6) is -1.20. The summed E-state index contributed by atoms with van der Waals surface area (Å²) in [7, 11) is 0. The van der Waals surface area contributed by atoms with E-state index in [2.05, 4.69) is 15.9 Å². The van der Waals surface area contributed by atoms with Gasteiger partial charge in [-0.25, -0.2) is 0 Å². The van der Waals surface area contributed by atoms with Crippen LogP contribution >= 0.6 is 15.9 Å². The molecule has 0 unspecified atom stereocenters. The molecule has 106 valence electrons. The summed E-state index contributed by atoms with van der Waals surface area (Å²) in [4.78, 5) is 23.1. The molecule has 3 N–H and O–H groups in total. The van der Waals surface area contributed by atoms with Crippen molar-refractivity contribution in [2.24, 2.45) is 0 Å². The number of rotatable bonds is 4. The van der Waals surface area contributed by atoms with Crippen LogP contribution in [0.2, 0.25) is 0 Å². The predicted octanol–water partition coefficient (Wildman–Crippen LogP) is 1.97. The van der Waals surface area contributed by atoms with Gasteiger partial charge in [0, 0.05) is 21.3 Å². The molecule has 6 heteroatoms. The molecule has 0 heterocycles. The van der Waals surface area contributed by atoms with Gasteiger partial charge in [0.1, 0.15) is 0 Å². The van der Waals surface area contributed by atoms with Gasteiger partial charge in [-0.15, -0.1) is 0 Å². The van der Waals surface area contributed by atoms with Crippen LogP contribution in [0, 0.1) is 0 Å². The fourth-order valence-corrected chi connectivity index (χ4v) is 2.15. The summed E-state index contributed by atoms with van der Waals surface area (Å²) < 4.78 is 0.877. The Hall–Kier alpha value is -0.569. The molecule has 21 heavy (non-hydrogen) atoms. The molecular weight excluding hydrogens is 459 g/mol. The summed E-state index contributed by atoms with van der Waals surface area (Å²) in [5.41, 5.74) is 7.41. The Balaban J connectivity index is 0.00000220. The number of carbonyl (C=O) groups excluding carboxylic acids is 1. The molecule has 0 bridgehead atoms. The van der Waals surface area contributed by atoms with Crippen LogP contribution in [-0.2, 0) is 11.2 Å². The molecule has 2 rings (SSSR count). The summed E-state index contributed by atoms with van der Waals surface area (Å²) in [6.07, 6.45) is -0.201. The molecule has 0 atom stereocenters. The van der Waals surface area contributed by atoms with E-state index < -0.39 is 5.97 Å². The fourth-order valence-electron chi connectivity index (χ4n) is 1.88. The minimum atomic E-state index is -0.982. The van der Waals surface area contributed by atoms with Gasteiger partial charge in [-0.1, -0.05) is 28.1 Å². The van der Waals surface area contributed by atoms with Crippen molar-refractivity contribution in [2.45, 2.75) is 6.42 Å². The van der Waals surface area contributed by atoms with E-state index >= 15 is 0 Å². The minimum absolute atomic E-state index is 0. The van der Waals surface area contributed by atoms with Crippen molar-refractivity contribution in [2.75, 3.05) is 5.73 Å². The van der Waals surface area contributed by atoms with E-state index in [4.69, 9.17) is 10.8 Å². The number of aliphatic carboxylic acids is 1. The Morgan fingerprint density at radius 1 is 1.10 bits per heavy atom. The van der Waals surface area contributed by atoms with Gasteiger partial charge in [-0.05, 0) is 35.9 Å². The third kappa shape index (κ3) is 4.70. The van der Waals surface area contributed by atoms with Crippen LogP contribution in [0.3, 0.4) is 0 Å². The van der Waals surface area contributed by atoms with E-state index in [9.17, 15) is 9.59 Å². The summed E-state index contributed by atoms with van der Waals surface area (Å²) in [5, 5.41) is 8.82. The van der Waals surface area contributed by atoms with Crippen LogP contribution in [0.5, 0.6) is 0 Å². The first-order valence-electron chi connectivity index (χ1n) is 5.88. The summed E-state index contributed by atoms with van der Waals surface area (Å²) in [6.45, 7) is 0. The number of ketones is 1. The SMILES string of the molecule is Nc1c(CC(=O)O)cccc1C(=O)c1ccc(Br)cc1.[BaH2]. The Morgan fingerprint density at radius 3 is 2.29 bits per heavy atom. The molecule has 0 saturated heterocycles. The average Bonchev–Trinajstić information content (AvgIpc) is 2.41. The van der Waals surface area contributed by atoms with Gasteiger partial charge >= 0.3 is 54.9 Å². The second kappa shape index (κ2) is 8.17. The number of benzene rings is 2. The van der Waals surface area contributed by atoms with E-state index in [1.807, 2.05) is 0 Å². The topological polar surface area (TPSA) is 80.4 Å². The first-order valence-corrected chi connectivity index (χ1v) is 6.68. The number of hydrogen-bond donors (Lipinski definition) is 2. The van der Waals surface area contributed by atoms with Crippen molar-refractivity contribution in [3.63, 3.8) is 0 Å². The second-order valence-electron chi connectivity index (χ2n) is 4.28. The monoisotopic (exact) mass is 473 g/mol. The number of carboxylic acids is 1. The first-order chi connectivity index (χ1) is 9.49. The van der Waals surface area contributed by atoms with Crippen LogP contribution in [0.15, 0.2) is 46.9 Å². The van der Waals surface area contributed by atoms with Crippen molar-refractivity contribution >= 4 is 82.3 Å². The second-order valence-corrected chi connectivity index (χ2v) is 5.20. The van der Waals surface area contributed by atoms with Gasteiger partial charge < -0.3 is 10.8 Å². The normalized spacial score (nSPS) is 9.76. The van der Waals surface area contributed by atoms with Gasteiger partial charge in [0.25, 0.3) is 0 Å². The predicted molar refractivity (Wildman–Crippen MR) is 88.3 cm³/mol. The van der Waals surface area contributed by atoms with Crippen LogP contribution in [0.25, 0.3) is 0 Å². The van der Waals surface area contributed by atoms with Crippen molar-refractivity contribution < 1.29 is 14.7 Å². The number of carboxylic acid groups (broad SMARTS) is 1. The summed E-state index contributed by atoms with van der Waals surface area (Å²) >= 11 is 3.30. The molecule has 0 aromatic heterocycles. The average molecular weight is 474 g/mol. The molecule has 2 aromatic rings. The Bertz CT molecular complexity index is 671. The van der Waals surface area contributed by atoms with Gasteiger partial charge in [0.2, 0.25) is 0 Å². The van der Waals surface area contributed by atoms with Gasteiger partial charge in [-0.3, -0.25) is 9.59 Å². The zero-order chi connectivity index (χ0) is 14.7. The maximum atomic E-state index is 12.4. The van der Waals surface area contributed by atoms with Gasteiger partial charge in [0.15, 0.2) is 5.78 Å². The number of para-hydroxylation sites is 1. The molecule has 0 fully saturated rings. The Labute approximate surface area is 170 Å². The van der Waals surface area contributed by atoms with Crippen LogP contribution in [-0.4, -0.2) is 65.7 Å². The van der Waals surface area contributed by atoms with E-state index in [1.54, 1.807) is 42.5 Å². The molecular formula is C15H14BaBrNO3. The van der Waals surface area contributed by atoms with Crippen molar-refractivity contribution in [3.05, 3.63) is 63.6 Å². The molecule has 0 radical (unpaired) electrons. The summed E-state index contributed by atoms with van der Waals surface area (Å²) in [6, 6.07) is 11.8. The number of nitrogen functional groups attached to an aromatic ring is 1. The molecule has 2 aromatic carbocycles. The third-order valence-electron chi connectivity index (χ3n) is 2.89. The Morgan fingerprint density at radius 2 is 1.71 bits per heavy atom. The van der Waals surface area contributed by atoms with Crippen molar-refractivity contribution in [1.29, 1.82) is 0 Å². The maximum absolute atomic E-state index is 12.4. The molecule has 0 aliphatic heterocycles. The van der Waals surface area contributed by atoms with E-state index in [-0.39, 0.29) is 66.8 Å². The van der Waals surface area contributed by atoms with Crippen molar-refractivity contribution in [1.82, 2.24) is 0 Å². The third-order valence-corrected chi connectivity index (χ3v) is 3.42. The standard InChI is InChI=1S/C15H12BrNO3.Ba.2H/c16-11-6-4-9(5-7-11)15(20)12-3-1-2-10(14(12)17)8-13(18)19;;;/h1-7H,8,17H2,(H,18,19);;;. The zero-order valence-electron chi connectivity index (χ0n) is 10.5. The quantitative estimate of drug-likeness (QED) is 0.404. The van der Waals surface area contributed by atoms with E-state index in [1.165, 1.54) is 0 Å². The van der Waals surface area contributed by atoms with Crippen LogP contribution < -0.4 is 5.73 Å². The Kier molecular flexibility index (Phi) is 7.19. The molecule has 0 aliphatic rings. The number of anilines is 1. The van der Waals surface area contributed by atoms with Crippen LogP contribution in [0.1, 0.15) is 21.5 Å². The number of carbonyl (C=O) groups is 2. The number of nitrogens with two attached hydrogens (primary N) is 1. The molecule has 4 nitrogen and oxygen atoms in total. The zero-order valence-corrected chi connectivity index (χ0v) is 12.1. The van der Waals surface area contributed by atoms with Gasteiger partial charge in [0.05, 0.1) is 6.42 Å². The van der Waals surface area contributed by atoms with E-state index in [0.29, 0.717) is 16.7 Å². The number of halogens is 1. The van der Waals surface area contributed by atoms with E-state index in [0.717, 1.165) is 4.47 Å². The molecule has 0 saturated carbocycles. The van der Waals surface area contributed by atoms with Crippen molar-refractivity contribution in [3.8, 4) is 0 Å². The molecule has 0 spiro atoms. The first kappa shape index (κ1) is 18.5. The van der Waals surface area contributed by atoms with Gasteiger partial charge in [-0.2, -0.15) is 0 Å².